The van der Waals surface area contributed by atoms with Gasteiger partial charge in [0.25, 0.3) is 0 Å². The lowest BCUT2D eigenvalue weighted by Crippen LogP contribution is -2.22. The van der Waals surface area contributed by atoms with Gasteiger partial charge < -0.3 is 14.8 Å². The topological polar surface area (TPSA) is 90.6 Å². The van der Waals surface area contributed by atoms with Crippen molar-refractivity contribution in [2.24, 2.45) is 4.99 Å². The van der Waals surface area contributed by atoms with Crippen molar-refractivity contribution < 1.29 is 14.3 Å². The number of hydrogen-bond acceptors (Lipinski definition) is 6. The molecule has 9 heteroatoms. The zero-order valence-corrected chi connectivity index (χ0v) is 24.8. The molecule has 1 N–H and O–H groups in total. The molecule has 1 aliphatic heterocycles. The SMILES string of the molecule is COc1ccc2c(c1)C(c1ccc(Cl)cc1)=NCc1nnc(C)n1-2.COc1cccc2cc(CCNC(C)=O)ccc12. The highest BCUT2D eigenvalue weighted by atomic mass is 35.5. The molecule has 0 spiro atoms. The molecule has 6 rings (SSSR count). The molecule has 0 saturated heterocycles. The van der Waals surface area contributed by atoms with Crippen molar-refractivity contribution in [2.75, 3.05) is 20.8 Å². The minimum atomic E-state index is 0.0115. The second-order valence-corrected chi connectivity index (χ2v) is 10.2. The maximum Gasteiger partial charge on any atom is 0.216 e. The van der Waals surface area contributed by atoms with Crippen LogP contribution < -0.4 is 14.8 Å². The van der Waals surface area contributed by atoms with Crippen LogP contribution in [0, 0.1) is 6.92 Å². The first kappa shape index (κ1) is 28.8. The zero-order valence-electron chi connectivity index (χ0n) is 24.0. The van der Waals surface area contributed by atoms with Gasteiger partial charge in [0.1, 0.15) is 23.9 Å². The Balaban J connectivity index is 0.000000176. The first-order chi connectivity index (χ1) is 20.4. The highest BCUT2D eigenvalue weighted by Gasteiger charge is 2.22. The summed E-state index contributed by atoms with van der Waals surface area (Å²) in [6.07, 6.45) is 0.840. The lowest BCUT2D eigenvalue weighted by atomic mass is 10.00. The largest absolute Gasteiger partial charge is 0.497 e. The van der Waals surface area contributed by atoms with Gasteiger partial charge in [-0.15, -0.1) is 10.2 Å². The number of aliphatic imine (C=N–C) groups is 1. The van der Waals surface area contributed by atoms with Crippen molar-refractivity contribution >= 4 is 34.0 Å². The Morgan fingerprint density at radius 2 is 1.79 bits per heavy atom. The van der Waals surface area contributed by atoms with Crippen molar-refractivity contribution in [1.29, 1.82) is 0 Å². The van der Waals surface area contributed by atoms with Crippen LogP contribution in [0.3, 0.4) is 0 Å². The van der Waals surface area contributed by atoms with Crippen LogP contribution in [0.5, 0.6) is 11.5 Å². The maximum atomic E-state index is 10.8. The molecule has 0 aliphatic carbocycles. The van der Waals surface area contributed by atoms with E-state index < -0.39 is 0 Å². The fourth-order valence-electron chi connectivity index (χ4n) is 4.96. The number of amides is 1. The molecule has 0 unspecified atom stereocenters. The van der Waals surface area contributed by atoms with Crippen molar-refractivity contribution in [3.05, 3.63) is 112 Å². The summed E-state index contributed by atoms with van der Waals surface area (Å²) in [6.45, 7) is 4.61. The minimum Gasteiger partial charge on any atom is -0.497 e. The van der Waals surface area contributed by atoms with Gasteiger partial charge in [0.2, 0.25) is 5.91 Å². The molecule has 1 amide bonds. The number of halogens is 1. The Morgan fingerprint density at radius 1 is 0.976 bits per heavy atom. The predicted octanol–water partition coefficient (Wildman–Crippen LogP) is 6.12. The third-order valence-electron chi connectivity index (χ3n) is 7.00. The Kier molecular flexibility index (Phi) is 8.83. The molecule has 0 bridgehead atoms. The first-order valence-electron chi connectivity index (χ1n) is 13.6. The normalized spacial score (nSPS) is 11.8. The van der Waals surface area contributed by atoms with Crippen LogP contribution >= 0.6 is 11.6 Å². The third-order valence-corrected chi connectivity index (χ3v) is 7.25. The summed E-state index contributed by atoms with van der Waals surface area (Å²) in [5.41, 5.74) is 5.10. The zero-order chi connectivity index (χ0) is 29.6. The van der Waals surface area contributed by atoms with E-state index >= 15 is 0 Å². The van der Waals surface area contributed by atoms with E-state index in [0.717, 1.165) is 62.9 Å². The molecule has 1 aromatic heterocycles. The molecule has 214 valence electrons. The number of nitrogens with one attached hydrogen (secondary N) is 1. The standard InChI is InChI=1S/C18H15ClN4O.C15H17NO2/c1-11-21-22-17-10-20-18(12-3-5-13(19)6-4-12)15-9-14(24-2)7-8-16(15)23(11)17;1-11(17)16-9-8-12-6-7-14-13(10-12)4-3-5-15(14)18-2/h3-9H,10H2,1-2H3;3-7,10H,8-9H2,1-2H3,(H,16,17). The average molecular weight is 582 g/mol. The van der Waals surface area contributed by atoms with E-state index in [1.807, 2.05) is 66.1 Å². The second kappa shape index (κ2) is 12.9. The summed E-state index contributed by atoms with van der Waals surface area (Å²) in [7, 11) is 3.34. The Labute approximate surface area is 250 Å². The highest BCUT2D eigenvalue weighted by molar-refractivity contribution is 6.30. The lowest BCUT2D eigenvalue weighted by Gasteiger charge is -2.14. The molecule has 4 aromatic carbocycles. The van der Waals surface area contributed by atoms with E-state index in [0.29, 0.717) is 18.1 Å². The maximum absolute atomic E-state index is 10.8. The van der Waals surface area contributed by atoms with Gasteiger partial charge >= 0.3 is 0 Å². The van der Waals surface area contributed by atoms with Crippen LogP contribution in [0.25, 0.3) is 16.5 Å². The number of aryl methyl sites for hydroxylation is 1. The van der Waals surface area contributed by atoms with E-state index in [1.165, 1.54) is 12.5 Å². The number of carbonyl (C=O) groups is 1. The van der Waals surface area contributed by atoms with Crippen LogP contribution in [0.15, 0.2) is 83.9 Å². The predicted molar refractivity (Wildman–Crippen MR) is 166 cm³/mol. The Bertz CT molecular complexity index is 1760. The first-order valence-corrected chi connectivity index (χ1v) is 14.0. The van der Waals surface area contributed by atoms with Gasteiger partial charge in [0.15, 0.2) is 5.82 Å². The fourth-order valence-corrected chi connectivity index (χ4v) is 5.08. The van der Waals surface area contributed by atoms with Crippen LogP contribution in [0.4, 0.5) is 0 Å². The Hall–Kier alpha value is -4.69. The summed E-state index contributed by atoms with van der Waals surface area (Å²) in [6, 6.07) is 25.9. The number of methoxy groups -OCH3 is 2. The third kappa shape index (κ3) is 6.29. The molecule has 0 saturated carbocycles. The number of rotatable bonds is 6. The molecule has 2 heterocycles. The van der Waals surface area contributed by atoms with E-state index in [-0.39, 0.29) is 5.91 Å². The van der Waals surface area contributed by atoms with Gasteiger partial charge in [0.05, 0.1) is 25.6 Å². The van der Waals surface area contributed by atoms with E-state index in [2.05, 4.69) is 39.8 Å². The number of benzene rings is 4. The molecule has 0 atom stereocenters. The fraction of sp³-hybridized carbons (Fsp3) is 0.212. The number of nitrogens with zero attached hydrogens (tertiary/aromatic N) is 4. The summed E-state index contributed by atoms with van der Waals surface area (Å²) in [5.74, 6) is 3.34. The quantitative estimate of drug-likeness (QED) is 0.261. The Morgan fingerprint density at radius 3 is 2.52 bits per heavy atom. The van der Waals surface area contributed by atoms with Crippen molar-refractivity contribution in [2.45, 2.75) is 26.8 Å². The van der Waals surface area contributed by atoms with Crippen LogP contribution in [-0.4, -0.2) is 47.1 Å². The summed E-state index contributed by atoms with van der Waals surface area (Å²) < 4.78 is 12.8. The van der Waals surface area contributed by atoms with Gasteiger partial charge in [-0.1, -0.05) is 54.1 Å². The number of carbonyl (C=O) groups excluding carboxylic acids is 1. The monoisotopic (exact) mass is 581 g/mol. The number of aromatic nitrogens is 3. The summed E-state index contributed by atoms with van der Waals surface area (Å²) in [5, 5.41) is 14.2. The number of fused-ring (bicyclic) bond motifs is 4. The van der Waals surface area contributed by atoms with Crippen molar-refractivity contribution in [3.63, 3.8) is 0 Å². The lowest BCUT2D eigenvalue weighted by molar-refractivity contribution is -0.118. The average Bonchev–Trinajstić information content (AvgIpc) is 3.28. The molecular formula is C33H32ClN5O3. The molecule has 0 fully saturated rings. The molecule has 5 aromatic rings. The molecule has 0 radical (unpaired) electrons. The highest BCUT2D eigenvalue weighted by Crippen LogP contribution is 2.29. The number of ether oxygens (including phenoxy) is 2. The van der Waals surface area contributed by atoms with Gasteiger partial charge in [-0.3, -0.25) is 14.4 Å². The van der Waals surface area contributed by atoms with Crippen molar-refractivity contribution in [1.82, 2.24) is 20.1 Å². The summed E-state index contributed by atoms with van der Waals surface area (Å²) in [4.78, 5) is 15.6. The molecule has 8 nitrogen and oxygen atoms in total. The molecule has 1 aliphatic rings. The van der Waals surface area contributed by atoms with Gasteiger partial charge in [0, 0.05) is 35.0 Å². The van der Waals surface area contributed by atoms with Gasteiger partial charge in [-0.25, -0.2) is 0 Å². The van der Waals surface area contributed by atoms with Gasteiger partial charge in [-0.05, 0) is 60.7 Å². The van der Waals surface area contributed by atoms with Crippen LogP contribution in [0.2, 0.25) is 5.02 Å². The van der Waals surface area contributed by atoms with Crippen LogP contribution in [0.1, 0.15) is 35.3 Å². The van der Waals surface area contributed by atoms with E-state index in [4.69, 9.17) is 26.1 Å². The summed E-state index contributed by atoms with van der Waals surface area (Å²) >= 11 is 6.02. The van der Waals surface area contributed by atoms with E-state index in [1.54, 1.807) is 14.2 Å². The van der Waals surface area contributed by atoms with Crippen molar-refractivity contribution in [3.8, 4) is 17.2 Å². The van der Waals surface area contributed by atoms with Crippen LogP contribution in [-0.2, 0) is 17.8 Å². The van der Waals surface area contributed by atoms with Gasteiger partial charge in [-0.2, -0.15) is 0 Å². The molecular weight excluding hydrogens is 550 g/mol. The molecule has 42 heavy (non-hydrogen) atoms. The number of hydrogen-bond donors (Lipinski definition) is 1. The second-order valence-electron chi connectivity index (χ2n) is 9.80. The smallest absolute Gasteiger partial charge is 0.216 e. The minimum absolute atomic E-state index is 0.0115. The van der Waals surface area contributed by atoms with E-state index in [9.17, 15) is 4.79 Å².